The second kappa shape index (κ2) is 5.46. The van der Waals surface area contributed by atoms with Crippen molar-refractivity contribution in [2.24, 2.45) is 0 Å². The molecule has 0 radical (unpaired) electrons. The van der Waals surface area contributed by atoms with Gasteiger partial charge in [-0.15, -0.1) is 0 Å². The van der Waals surface area contributed by atoms with E-state index in [1.807, 2.05) is 0 Å². The van der Waals surface area contributed by atoms with E-state index in [0.717, 1.165) is 0 Å². The number of aryl methyl sites for hydroxylation is 1. The van der Waals surface area contributed by atoms with E-state index in [1.165, 1.54) is 4.57 Å². The lowest BCUT2D eigenvalue weighted by atomic mass is 10.3. The largest absolute Gasteiger partial charge is 0.479 e. The van der Waals surface area contributed by atoms with Gasteiger partial charge in [0.2, 0.25) is 0 Å². The highest BCUT2D eigenvalue weighted by atomic mass is 16.5. The van der Waals surface area contributed by atoms with E-state index < -0.39 is 12.1 Å². The van der Waals surface area contributed by atoms with Crippen LogP contribution in [0.25, 0.3) is 0 Å². The third-order valence-electron chi connectivity index (χ3n) is 2.22. The molecule has 0 spiro atoms. The van der Waals surface area contributed by atoms with Crippen molar-refractivity contribution in [3.63, 3.8) is 0 Å². The molecule has 1 aromatic rings. The summed E-state index contributed by atoms with van der Waals surface area (Å²) in [4.78, 5) is 22.5. The van der Waals surface area contributed by atoms with Gasteiger partial charge in [0, 0.05) is 18.4 Å². The summed E-state index contributed by atoms with van der Waals surface area (Å²) in [5.41, 5.74) is 0.400. The summed E-state index contributed by atoms with van der Waals surface area (Å²) in [5, 5.41) is 8.89. The van der Waals surface area contributed by atoms with Crippen LogP contribution in [0, 0.1) is 6.92 Å². The molecule has 1 unspecified atom stereocenters. The minimum Gasteiger partial charge on any atom is -0.479 e. The first-order chi connectivity index (χ1) is 7.56. The highest BCUT2D eigenvalue weighted by Crippen LogP contribution is 1.98. The smallest absolute Gasteiger partial charge is 0.334 e. The quantitative estimate of drug-likeness (QED) is 0.798. The molecule has 5 heteroatoms. The number of carbonyl (C=O) groups is 1. The molecule has 1 rings (SSSR count). The molecular formula is C11H15NO4. The van der Waals surface area contributed by atoms with Crippen molar-refractivity contribution < 1.29 is 14.6 Å². The summed E-state index contributed by atoms with van der Waals surface area (Å²) >= 11 is 0. The maximum atomic E-state index is 11.6. The number of aromatic nitrogens is 1. The van der Waals surface area contributed by atoms with E-state index in [1.54, 1.807) is 32.2 Å². The Morgan fingerprint density at radius 1 is 1.62 bits per heavy atom. The SMILES string of the molecule is CCOC(Cn1cccc(C)c1=O)C(=O)O. The van der Waals surface area contributed by atoms with Crippen LogP contribution in [-0.2, 0) is 16.1 Å². The lowest BCUT2D eigenvalue weighted by Crippen LogP contribution is -2.34. The number of hydrogen-bond acceptors (Lipinski definition) is 3. The van der Waals surface area contributed by atoms with E-state index in [9.17, 15) is 9.59 Å². The molecule has 0 aliphatic rings. The van der Waals surface area contributed by atoms with Crippen molar-refractivity contribution in [3.05, 3.63) is 34.2 Å². The zero-order valence-electron chi connectivity index (χ0n) is 9.34. The molecule has 0 amide bonds. The second-order valence-corrected chi connectivity index (χ2v) is 3.43. The van der Waals surface area contributed by atoms with E-state index in [-0.39, 0.29) is 12.1 Å². The van der Waals surface area contributed by atoms with Crippen LogP contribution < -0.4 is 5.56 Å². The summed E-state index contributed by atoms with van der Waals surface area (Å²) in [5.74, 6) is -1.06. The minimum atomic E-state index is -1.06. The van der Waals surface area contributed by atoms with Crippen LogP contribution >= 0.6 is 0 Å². The molecule has 5 nitrogen and oxygen atoms in total. The van der Waals surface area contributed by atoms with Crippen molar-refractivity contribution in [1.29, 1.82) is 0 Å². The van der Waals surface area contributed by atoms with Gasteiger partial charge in [0.15, 0.2) is 6.10 Å². The number of carboxylic acid groups (broad SMARTS) is 1. The maximum Gasteiger partial charge on any atom is 0.334 e. The molecule has 0 aliphatic carbocycles. The van der Waals surface area contributed by atoms with E-state index in [4.69, 9.17) is 9.84 Å². The summed E-state index contributed by atoms with van der Waals surface area (Å²) in [6.07, 6.45) is 0.578. The van der Waals surface area contributed by atoms with Crippen molar-refractivity contribution >= 4 is 5.97 Å². The Balaban J connectivity index is 2.89. The molecule has 88 valence electrons. The van der Waals surface area contributed by atoms with Crippen LogP contribution in [0.1, 0.15) is 12.5 Å². The lowest BCUT2D eigenvalue weighted by Gasteiger charge is -2.14. The topological polar surface area (TPSA) is 68.5 Å². The molecule has 16 heavy (non-hydrogen) atoms. The summed E-state index contributed by atoms with van der Waals surface area (Å²) in [6.45, 7) is 3.74. The lowest BCUT2D eigenvalue weighted by molar-refractivity contribution is -0.151. The molecule has 1 N–H and O–H groups in total. The third-order valence-corrected chi connectivity index (χ3v) is 2.22. The van der Waals surface area contributed by atoms with E-state index in [0.29, 0.717) is 12.2 Å². The van der Waals surface area contributed by atoms with E-state index >= 15 is 0 Å². The first-order valence-corrected chi connectivity index (χ1v) is 5.06. The minimum absolute atomic E-state index is 0.0314. The Morgan fingerprint density at radius 3 is 2.88 bits per heavy atom. The molecule has 0 saturated heterocycles. The van der Waals surface area contributed by atoms with Gasteiger partial charge in [0.25, 0.3) is 5.56 Å². The Morgan fingerprint density at radius 2 is 2.31 bits per heavy atom. The van der Waals surface area contributed by atoms with Crippen molar-refractivity contribution in [1.82, 2.24) is 4.57 Å². The number of nitrogens with zero attached hydrogens (tertiary/aromatic N) is 1. The zero-order valence-corrected chi connectivity index (χ0v) is 9.34. The number of aliphatic carboxylic acids is 1. The average molecular weight is 225 g/mol. The van der Waals surface area contributed by atoms with Crippen LogP contribution in [0.4, 0.5) is 0 Å². The molecular weight excluding hydrogens is 210 g/mol. The third kappa shape index (κ3) is 2.93. The van der Waals surface area contributed by atoms with Crippen molar-refractivity contribution in [3.8, 4) is 0 Å². The maximum absolute atomic E-state index is 11.6. The van der Waals surface area contributed by atoms with Crippen LogP contribution in [0.2, 0.25) is 0 Å². The van der Waals surface area contributed by atoms with Gasteiger partial charge in [-0.2, -0.15) is 0 Å². The van der Waals surface area contributed by atoms with Crippen molar-refractivity contribution in [2.75, 3.05) is 6.61 Å². The van der Waals surface area contributed by atoms with Crippen LogP contribution in [-0.4, -0.2) is 28.4 Å². The van der Waals surface area contributed by atoms with Gasteiger partial charge in [-0.25, -0.2) is 4.79 Å². The van der Waals surface area contributed by atoms with Crippen molar-refractivity contribution in [2.45, 2.75) is 26.5 Å². The number of hydrogen-bond donors (Lipinski definition) is 1. The first kappa shape index (κ1) is 12.4. The Kier molecular flexibility index (Phi) is 4.25. The van der Waals surface area contributed by atoms with Gasteiger partial charge in [0.05, 0.1) is 6.54 Å². The molecule has 1 atom stereocenters. The number of ether oxygens (including phenoxy) is 1. The Hall–Kier alpha value is -1.62. The molecule has 0 saturated carbocycles. The molecule has 0 fully saturated rings. The predicted molar refractivity (Wildman–Crippen MR) is 58.5 cm³/mol. The zero-order chi connectivity index (χ0) is 12.1. The molecule has 1 aromatic heterocycles. The Labute approximate surface area is 93.3 Å². The summed E-state index contributed by atoms with van der Waals surface area (Å²) in [7, 11) is 0. The van der Waals surface area contributed by atoms with Gasteiger partial charge in [-0.1, -0.05) is 6.07 Å². The molecule has 0 aliphatic heterocycles. The summed E-state index contributed by atoms with van der Waals surface area (Å²) in [6, 6.07) is 3.40. The van der Waals surface area contributed by atoms with Crippen LogP contribution in [0.5, 0.6) is 0 Å². The monoisotopic (exact) mass is 225 g/mol. The van der Waals surface area contributed by atoms with Gasteiger partial charge >= 0.3 is 5.97 Å². The fraction of sp³-hybridized carbons (Fsp3) is 0.455. The van der Waals surface area contributed by atoms with Gasteiger partial charge in [-0.05, 0) is 19.9 Å². The normalized spacial score (nSPS) is 12.4. The molecule has 0 aromatic carbocycles. The number of rotatable bonds is 5. The molecule has 1 heterocycles. The van der Waals surface area contributed by atoms with Gasteiger partial charge in [-0.3, -0.25) is 4.79 Å². The van der Waals surface area contributed by atoms with E-state index in [2.05, 4.69) is 0 Å². The first-order valence-electron chi connectivity index (χ1n) is 5.06. The second-order valence-electron chi connectivity index (χ2n) is 3.43. The number of carboxylic acids is 1. The predicted octanol–water partition coefficient (Wildman–Crippen LogP) is 0.646. The highest BCUT2D eigenvalue weighted by Gasteiger charge is 2.18. The highest BCUT2D eigenvalue weighted by molar-refractivity contribution is 5.72. The summed E-state index contributed by atoms with van der Waals surface area (Å²) < 4.78 is 6.39. The standard InChI is InChI=1S/C11H15NO4/c1-3-16-9(11(14)15)7-12-6-4-5-8(2)10(12)13/h4-6,9H,3,7H2,1-2H3,(H,14,15). The van der Waals surface area contributed by atoms with Gasteiger partial charge in [0.1, 0.15) is 0 Å². The average Bonchev–Trinajstić information content (AvgIpc) is 2.23. The van der Waals surface area contributed by atoms with Crippen LogP contribution in [0.3, 0.4) is 0 Å². The Bertz CT molecular complexity index is 424. The fourth-order valence-corrected chi connectivity index (χ4v) is 1.38. The number of pyridine rings is 1. The molecule has 0 bridgehead atoms. The fourth-order valence-electron chi connectivity index (χ4n) is 1.38. The van der Waals surface area contributed by atoms with Gasteiger partial charge < -0.3 is 14.4 Å². The van der Waals surface area contributed by atoms with Crippen LogP contribution in [0.15, 0.2) is 23.1 Å².